The predicted molar refractivity (Wildman–Crippen MR) is 56.6 cm³/mol. The maximum absolute atomic E-state index is 5.61. The van der Waals surface area contributed by atoms with Crippen LogP contribution in [0.5, 0.6) is 0 Å². The van der Waals surface area contributed by atoms with Crippen molar-refractivity contribution in [2.75, 3.05) is 53.0 Å². The lowest BCUT2D eigenvalue weighted by molar-refractivity contribution is 0.00546. The number of hydrogen-bond donors (Lipinski definition) is 1. The van der Waals surface area contributed by atoms with E-state index in [9.17, 15) is 0 Å². The van der Waals surface area contributed by atoms with Gasteiger partial charge in [-0.3, -0.25) is 0 Å². The molecule has 0 bridgehead atoms. The third-order valence-corrected chi connectivity index (χ3v) is 2.34. The molecule has 1 unspecified atom stereocenters. The van der Waals surface area contributed by atoms with Gasteiger partial charge >= 0.3 is 0 Å². The molecule has 1 fully saturated rings. The lowest BCUT2D eigenvalue weighted by Crippen LogP contribution is -2.44. The first-order chi connectivity index (χ1) is 6.83. The molecule has 1 heterocycles. The van der Waals surface area contributed by atoms with Crippen LogP contribution in [0.15, 0.2) is 0 Å². The van der Waals surface area contributed by atoms with E-state index in [4.69, 9.17) is 9.47 Å². The smallest absolute Gasteiger partial charge is 0.0826 e. The lowest BCUT2D eigenvalue weighted by Gasteiger charge is -2.27. The Balaban J connectivity index is 2.03. The summed E-state index contributed by atoms with van der Waals surface area (Å²) in [6.45, 7) is 8.40. The highest BCUT2D eigenvalue weighted by atomic mass is 16.5. The summed E-state index contributed by atoms with van der Waals surface area (Å²) in [5, 5.41) is 3.32. The summed E-state index contributed by atoms with van der Waals surface area (Å²) < 4.78 is 10.9. The van der Waals surface area contributed by atoms with Gasteiger partial charge in [0.1, 0.15) is 0 Å². The molecule has 1 N–H and O–H groups in total. The van der Waals surface area contributed by atoms with Gasteiger partial charge in [0.15, 0.2) is 0 Å². The second-order valence-electron chi connectivity index (χ2n) is 3.66. The lowest BCUT2D eigenvalue weighted by atomic mass is 10.3. The molecule has 0 aromatic carbocycles. The maximum Gasteiger partial charge on any atom is 0.0826 e. The van der Waals surface area contributed by atoms with Gasteiger partial charge in [0.2, 0.25) is 0 Å². The molecule has 4 nitrogen and oxygen atoms in total. The van der Waals surface area contributed by atoms with Crippen LogP contribution in [0.1, 0.15) is 6.92 Å². The minimum absolute atomic E-state index is 0.343. The fourth-order valence-electron chi connectivity index (χ4n) is 1.54. The van der Waals surface area contributed by atoms with Gasteiger partial charge in [0.05, 0.1) is 19.3 Å². The number of morpholine rings is 1. The SMILES string of the molecule is CCOCCN(C)CC1CNCCO1. The molecule has 1 saturated heterocycles. The largest absolute Gasteiger partial charge is 0.380 e. The van der Waals surface area contributed by atoms with Gasteiger partial charge in [-0.1, -0.05) is 0 Å². The van der Waals surface area contributed by atoms with Crippen LogP contribution in [-0.4, -0.2) is 64.1 Å². The molecule has 4 heteroatoms. The zero-order valence-electron chi connectivity index (χ0n) is 9.29. The van der Waals surface area contributed by atoms with Crippen molar-refractivity contribution in [3.05, 3.63) is 0 Å². The monoisotopic (exact) mass is 202 g/mol. The molecular weight excluding hydrogens is 180 g/mol. The Bertz CT molecular complexity index is 138. The average molecular weight is 202 g/mol. The highest BCUT2D eigenvalue weighted by molar-refractivity contribution is 4.70. The summed E-state index contributed by atoms with van der Waals surface area (Å²) in [5.74, 6) is 0. The molecule has 0 radical (unpaired) electrons. The molecule has 84 valence electrons. The minimum atomic E-state index is 0.343. The number of hydrogen-bond acceptors (Lipinski definition) is 4. The van der Waals surface area contributed by atoms with Gasteiger partial charge in [-0.2, -0.15) is 0 Å². The van der Waals surface area contributed by atoms with Crippen molar-refractivity contribution in [3.8, 4) is 0 Å². The van der Waals surface area contributed by atoms with Crippen LogP contribution in [0.25, 0.3) is 0 Å². The fraction of sp³-hybridized carbons (Fsp3) is 1.00. The van der Waals surface area contributed by atoms with Crippen LogP contribution in [0.2, 0.25) is 0 Å². The van der Waals surface area contributed by atoms with Crippen LogP contribution in [0.3, 0.4) is 0 Å². The molecule has 1 rings (SSSR count). The van der Waals surface area contributed by atoms with Gasteiger partial charge in [-0.25, -0.2) is 0 Å². The summed E-state index contributed by atoms with van der Waals surface area (Å²) >= 11 is 0. The van der Waals surface area contributed by atoms with Crippen LogP contribution >= 0.6 is 0 Å². The quantitative estimate of drug-likeness (QED) is 0.612. The Morgan fingerprint density at radius 3 is 3.07 bits per heavy atom. The zero-order chi connectivity index (χ0) is 10.2. The molecule has 1 aliphatic heterocycles. The van der Waals surface area contributed by atoms with E-state index >= 15 is 0 Å². The number of ether oxygens (including phenoxy) is 2. The van der Waals surface area contributed by atoms with Gasteiger partial charge in [-0.05, 0) is 14.0 Å². The molecule has 1 aliphatic rings. The first kappa shape index (κ1) is 11.9. The molecule has 1 atom stereocenters. The summed E-state index contributed by atoms with van der Waals surface area (Å²) in [6.07, 6.45) is 0.343. The Labute approximate surface area is 86.6 Å². The molecule has 14 heavy (non-hydrogen) atoms. The predicted octanol–water partition coefficient (Wildman–Crippen LogP) is -0.0569. The van der Waals surface area contributed by atoms with Crippen LogP contribution in [0, 0.1) is 0 Å². The molecule has 0 aromatic rings. The van der Waals surface area contributed by atoms with Crippen molar-refractivity contribution in [3.63, 3.8) is 0 Å². The van der Waals surface area contributed by atoms with Gasteiger partial charge in [-0.15, -0.1) is 0 Å². The van der Waals surface area contributed by atoms with Crippen molar-refractivity contribution in [2.24, 2.45) is 0 Å². The maximum atomic E-state index is 5.61. The van der Waals surface area contributed by atoms with Gasteiger partial charge in [0, 0.05) is 32.8 Å². The number of nitrogens with zero attached hydrogens (tertiary/aromatic N) is 1. The van der Waals surface area contributed by atoms with E-state index < -0.39 is 0 Å². The van der Waals surface area contributed by atoms with E-state index in [1.165, 1.54) is 0 Å². The molecule has 0 spiro atoms. The van der Waals surface area contributed by atoms with Crippen molar-refractivity contribution in [2.45, 2.75) is 13.0 Å². The van der Waals surface area contributed by atoms with Crippen LogP contribution in [0.4, 0.5) is 0 Å². The summed E-state index contributed by atoms with van der Waals surface area (Å²) in [6, 6.07) is 0. The fourth-order valence-corrected chi connectivity index (χ4v) is 1.54. The second-order valence-corrected chi connectivity index (χ2v) is 3.66. The highest BCUT2D eigenvalue weighted by Gasteiger charge is 2.14. The number of likely N-dealkylation sites (N-methyl/N-ethyl adjacent to an activating group) is 1. The number of nitrogens with one attached hydrogen (secondary N) is 1. The van der Waals surface area contributed by atoms with E-state index in [0.29, 0.717) is 6.10 Å². The Hall–Kier alpha value is -0.160. The first-order valence-corrected chi connectivity index (χ1v) is 5.41. The molecule has 0 aromatic heterocycles. The van der Waals surface area contributed by atoms with Crippen LogP contribution < -0.4 is 5.32 Å². The molecule has 0 amide bonds. The number of rotatable bonds is 6. The Morgan fingerprint density at radius 1 is 1.57 bits per heavy atom. The highest BCUT2D eigenvalue weighted by Crippen LogP contribution is 1.98. The normalized spacial score (nSPS) is 22.9. The molecule has 0 saturated carbocycles. The standard InChI is InChI=1S/C10H22N2O2/c1-3-13-7-5-12(2)9-10-8-11-4-6-14-10/h10-11H,3-9H2,1-2H3. The van der Waals surface area contributed by atoms with Crippen molar-refractivity contribution >= 4 is 0 Å². The van der Waals surface area contributed by atoms with E-state index in [-0.39, 0.29) is 0 Å². The van der Waals surface area contributed by atoms with Crippen molar-refractivity contribution < 1.29 is 9.47 Å². The second kappa shape index (κ2) is 7.17. The van der Waals surface area contributed by atoms with Gasteiger partial charge in [0.25, 0.3) is 0 Å². The minimum Gasteiger partial charge on any atom is -0.380 e. The van der Waals surface area contributed by atoms with E-state index in [0.717, 1.165) is 46.0 Å². The van der Waals surface area contributed by atoms with E-state index in [1.807, 2.05) is 6.92 Å². The zero-order valence-corrected chi connectivity index (χ0v) is 9.29. The Morgan fingerprint density at radius 2 is 2.43 bits per heavy atom. The van der Waals surface area contributed by atoms with Crippen molar-refractivity contribution in [1.29, 1.82) is 0 Å². The third kappa shape index (κ3) is 4.91. The van der Waals surface area contributed by atoms with E-state index in [1.54, 1.807) is 0 Å². The first-order valence-electron chi connectivity index (χ1n) is 5.41. The van der Waals surface area contributed by atoms with E-state index in [2.05, 4.69) is 17.3 Å². The summed E-state index contributed by atoms with van der Waals surface area (Å²) in [7, 11) is 2.11. The summed E-state index contributed by atoms with van der Waals surface area (Å²) in [4.78, 5) is 2.26. The third-order valence-electron chi connectivity index (χ3n) is 2.34. The molecule has 0 aliphatic carbocycles. The topological polar surface area (TPSA) is 33.7 Å². The summed E-state index contributed by atoms with van der Waals surface area (Å²) in [5.41, 5.74) is 0. The molecular formula is C10H22N2O2. The Kier molecular flexibility index (Phi) is 6.10. The average Bonchev–Trinajstić information content (AvgIpc) is 2.20. The van der Waals surface area contributed by atoms with Crippen LogP contribution in [-0.2, 0) is 9.47 Å². The van der Waals surface area contributed by atoms with Gasteiger partial charge < -0.3 is 19.7 Å². The van der Waals surface area contributed by atoms with Crippen molar-refractivity contribution in [1.82, 2.24) is 10.2 Å².